The van der Waals surface area contributed by atoms with Gasteiger partial charge in [-0.3, -0.25) is 0 Å². The maximum absolute atomic E-state index is 5.84. The zero-order chi connectivity index (χ0) is 12.1. The Morgan fingerprint density at radius 1 is 1.06 bits per heavy atom. The van der Waals surface area contributed by atoms with E-state index < -0.39 is 0 Å². The quantitative estimate of drug-likeness (QED) is 0.431. The van der Waals surface area contributed by atoms with E-state index in [4.69, 9.17) is 4.74 Å². The Morgan fingerprint density at radius 2 is 1.89 bits per heavy atom. The molecule has 0 fully saturated rings. The highest BCUT2D eigenvalue weighted by Gasteiger charge is 2.28. The van der Waals surface area contributed by atoms with Crippen molar-refractivity contribution >= 4 is 21.8 Å². The highest BCUT2D eigenvalue weighted by molar-refractivity contribution is 5.91. The van der Waals surface area contributed by atoms with E-state index in [1.165, 1.54) is 21.8 Å². The number of hydrogen-bond donors (Lipinski definition) is 0. The molecule has 2 heteroatoms. The third-order valence-electron chi connectivity index (χ3n) is 3.70. The van der Waals surface area contributed by atoms with Crippen LogP contribution in [0, 0.1) is 0 Å². The van der Waals surface area contributed by atoms with Crippen molar-refractivity contribution in [2.24, 2.45) is 0 Å². The monoisotopic (exact) mass is 236 g/mol. The molecule has 88 valence electrons. The first-order chi connectivity index (χ1) is 8.84. The van der Waals surface area contributed by atoms with Gasteiger partial charge in [-0.2, -0.15) is 4.57 Å². The largest absolute Gasteiger partial charge is 0.480 e. The normalized spacial score (nSPS) is 17.9. The van der Waals surface area contributed by atoms with Gasteiger partial charge in [0.1, 0.15) is 0 Å². The zero-order valence-electron chi connectivity index (χ0n) is 10.3. The van der Waals surface area contributed by atoms with Gasteiger partial charge < -0.3 is 4.74 Å². The molecule has 0 amide bonds. The molecule has 0 N–H and O–H groups in total. The predicted molar refractivity (Wildman–Crippen MR) is 71.9 cm³/mol. The average molecular weight is 236 g/mol. The van der Waals surface area contributed by atoms with Gasteiger partial charge in [0, 0.05) is 18.4 Å². The average Bonchev–Trinajstić information content (AvgIpc) is 2.41. The van der Waals surface area contributed by atoms with Gasteiger partial charge in [-0.25, -0.2) is 0 Å². The van der Waals surface area contributed by atoms with E-state index >= 15 is 0 Å². The summed E-state index contributed by atoms with van der Waals surface area (Å²) in [5, 5.41) is 2.54. The SMILES string of the molecule is CC1COc2cccc3cc4ccccc4[n+]1c23. The Kier molecular flexibility index (Phi) is 1.90. The van der Waals surface area contributed by atoms with Crippen LogP contribution in [0.4, 0.5) is 0 Å². The molecule has 2 aromatic carbocycles. The van der Waals surface area contributed by atoms with Gasteiger partial charge in [-0.05, 0) is 24.3 Å². The molecule has 1 unspecified atom stereocenters. The molecule has 0 saturated heterocycles. The second-order valence-electron chi connectivity index (χ2n) is 4.93. The summed E-state index contributed by atoms with van der Waals surface area (Å²) in [7, 11) is 0. The number of hydrogen-bond acceptors (Lipinski definition) is 1. The van der Waals surface area contributed by atoms with Gasteiger partial charge in [0.25, 0.3) is 5.52 Å². The van der Waals surface area contributed by atoms with Gasteiger partial charge in [0.15, 0.2) is 18.4 Å². The van der Waals surface area contributed by atoms with Crippen molar-refractivity contribution in [3.05, 3.63) is 48.5 Å². The molecule has 18 heavy (non-hydrogen) atoms. The summed E-state index contributed by atoms with van der Waals surface area (Å²) in [5.41, 5.74) is 2.50. The van der Waals surface area contributed by atoms with Crippen LogP contribution in [0.1, 0.15) is 13.0 Å². The minimum Gasteiger partial charge on any atom is -0.480 e. The fraction of sp³-hybridized carbons (Fsp3) is 0.188. The number of fused-ring (bicyclic) bond motifs is 2. The van der Waals surface area contributed by atoms with Crippen LogP contribution in [-0.4, -0.2) is 6.61 Å². The molecule has 4 rings (SSSR count). The second-order valence-corrected chi connectivity index (χ2v) is 4.93. The lowest BCUT2D eigenvalue weighted by Crippen LogP contribution is -2.45. The van der Waals surface area contributed by atoms with Gasteiger partial charge in [-0.15, -0.1) is 0 Å². The lowest BCUT2D eigenvalue weighted by Gasteiger charge is -2.19. The van der Waals surface area contributed by atoms with Crippen molar-refractivity contribution in [2.45, 2.75) is 13.0 Å². The topological polar surface area (TPSA) is 13.1 Å². The molecular formula is C16H14NO+. The van der Waals surface area contributed by atoms with Crippen molar-refractivity contribution in [1.29, 1.82) is 0 Å². The Morgan fingerprint density at radius 3 is 2.83 bits per heavy atom. The number of benzene rings is 2. The third kappa shape index (κ3) is 1.20. The van der Waals surface area contributed by atoms with Crippen LogP contribution < -0.4 is 9.30 Å². The predicted octanol–water partition coefficient (Wildman–Crippen LogP) is 3.23. The number of ether oxygens (including phenoxy) is 1. The Bertz CT molecular complexity index is 763. The van der Waals surface area contributed by atoms with Gasteiger partial charge in [-0.1, -0.05) is 18.2 Å². The van der Waals surface area contributed by atoms with Crippen LogP contribution in [0.3, 0.4) is 0 Å². The minimum atomic E-state index is 0.369. The maximum Gasteiger partial charge on any atom is 0.255 e. The smallest absolute Gasteiger partial charge is 0.255 e. The van der Waals surface area contributed by atoms with E-state index in [1.807, 2.05) is 0 Å². The number of nitrogens with zero attached hydrogens (tertiary/aromatic N) is 1. The Labute approximate surface area is 105 Å². The van der Waals surface area contributed by atoms with E-state index in [2.05, 4.69) is 60.0 Å². The minimum absolute atomic E-state index is 0.369. The summed E-state index contributed by atoms with van der Waals surface area (Å²) in [6.45, 7) is 2.95. The zero-order valence-corrected chi connectivity index (χ0v) is 10.3. The van der Waals surface area contributed by atoms with Gasteiger partial charge >= 0.3 is 0 Å². The van der Waals surface area contributed by atoms with Crippen molar-refractivity contribution in [2.75, 3.05) is 6.61 Å². The fourth-order valence-electron chi connectivity index (χ4n) is 2.89. The first-order valence-corrected chi connectivity index (χ1v) is 6.33. The van der Waals surface area contributed by atoms with Crippen molar-refractivity contribution < 1.29 is 9.30 Å². The third-order valence-corrected chi connectivity index (χ3v) is 3.70. The summed E-state index contributed by atoms with van der Waals surface area (Å²) in [6.07, 6.45) is 0. The summed E-state index contributed by atoms with van der Waals surface area (Å²) in [6, 6.07) is 17.4. The maximum atomic E-state index is 5.84. The van der Waals surface area contributed by atoms with E-state index in [0.717, 1.165) is 12.4 Å². The molecule has 1 atom stereocenters. The molecular weight excluding hydrogens is 222 g/mol. The van der Waals surface area contributed by atoms with E-state index in [0.29, 0.717) is 6.04 Å². The van der Waals surface area contributed by atoms with Crippen LogP contribution in [0.25, 0.3) is 21.8 Å². The number of pyridine rings is 1. The fourth-order valence-corrected chi connectivity index (χ4v) is 2.89. The molecule has 1 aromatic heterocycles. The molecule has 0 aliphatic carbocycles. The Hall–Kier alpha value is -2.09. The van der Waals surface area contributed by atoms with Gasteiger partial charge in [0.05, 0.1) is 5.39 Å². The molecule has 2 nitrogen and oxygen atoms in total. The molecule has 0 saturated carbocycles. The van der Waals surface area contributed by atoms with Crippen LogP contribution in [0.5, 0.6) is 5.75 Å². The molecule has 1 aliphatic rings. The van der Waals surface area contributed by atoms with Gasteiger partial charge in [0.2, 0.25) is 5.52 Å². The number of para-hydroxylation sites is 2. The first kappa shape index (κ1) is 9.89. The van der Waals surface area contributed by atoms with Crippen LogP contribution in [0.15, 0.2) is 48.5 Å². The van der Waals surface area contributed by atoms with Crippen molar-refractivity contribution in [3.63, 3.8) is 0 Å². The Balaban J connectivity index is 2.30. The molecule has 0 bridgehead atoms. The van der Waals surface area contributed by atoms with E-state index in [-0.39, 0.29) is 0 Å². The second kappa shape index (κ2) is 3.45. The molecule has 1 aliphatic heterocycles. The van der Waals surface area contributed by atoms with E-state index in [9.17, 15) is 0 Å². The number of aromatic nitrogens is 1. The molecule has 2 heterocycles. The summed E-state index contributed by atoms with van der Waals surface area (Å²) >= 11 is 0. The molecule has 0 radical (unpaired) electrons. The highest BCUT2D eigenvalue weighted by Crippen LogP contribution is 2.30. The van der Waals surface area contributed by atoms with Crippen LogP contribution in [0.2, 0.25) is 0 Å². The highest BCUT2D eigenvalue weighted by atomic mass is 16.5. The number of rotatable bonds is 0. The van der Waals surface area contributed by atoms with Crippen molar-refractivity contribution in [1.82, 2.24) is 0 Å². The lowest BCUT2D eigenvalue weighted by atomic mass is 10.1. The lowest BCUT2D eigenvalue weighted by molar-refractivity contribution is -0.675. The standard InChI is InChI=1S/C16H14NO/c1-11-10-18-15-8-4-6-13-9-12-5-2-3-7-14(12)17(11)16(13)15/h2-9,11H,10H2,1H3/q+1. The molecule has 3 aromatic rings. The molecule has 0 spiro atoms. The van der Waals surface area contributed by atoms with Crippen LogP contribution >= 0.6 is 0 Å². The first-order valence-electron chi connectivity index (χ1n) is 6.33. The summed E-state index contributed by atoms with van der Waals surface area (Å²) < 4.78 is 8.24. The summed E-state index contributed by atoms with van der Waals surface area (Å²) in [4.78, 5) is 0. The van der Waals surface area contributed by atoms with Crippen molar-refractivity contribution in [3.8, 4) is 5.75 Å². The summed E-state index contributed by atoms with van der Waals surface area (Å²) in [5.74, 6) is 0.997. The van der Waals surface area contributed by atoms with Crippen LogP contribution in [-0.2, 0) is 0 Å². The van der Waals surface area contributed by atoms with E-state index in [1.54, 1.807) is 0 Å².